The number of H-pyrrole nitrogens is 1. The molecule has 5 heterocycles. The van der Waals surface area contributed by atoms with Crippen LogP contribution in [0.5, 0.6) is 5.88 Å². The van der Waals surface area contributed by atoms with E-state index in [2.05, 4.69) is 25.4 Å². The van der Waals surface area contributed by atoms with E-state index in [0.29, 0.717) is 44.8 Å². The van der Waals surface area contributed by atoms with Crippen molar-refractivity contribution in [2.24, 2.45) is 5.92 Å². The van der Waals surface area contributed by atoms with Gasteiger partial charge in [-0.05, 0) is 58.9 Å². The highest BCUT2D eigenvalue weighted by Crippen LogP contribution is 2.50. The van der Waals surface area contributed by atoms with Crippen LogP contribution in [-0.2, 0) is 14.3 Å². The van der Waals surface area contributed by atoms with Crippen molar-refractivity contribution in [3.05, 3.63) is 29.8 Å². The van der Waals surface area contributed by atoms with E-state index in [1.807, 2.05) is 25.7 Å². The van der Waals surface area contributed by atoms with Crippen LogP contribution < -0.4 is 10.1 Å². The fourth-order valence-electron chi connectivity index (χ4n) is 6.69. The third kappa shape index (κ3) is 6.76. The minimum Gasteiger partial charge on any atom is -0.481 e. The molecule has 1 spiro atoms. The van der Waals surface area contributed by atoms with Gasteiger partial charge in [-0.1, -0.05) is 0 Å². The highest BCUT2D eigenvalue weighted by Gasteiger charge is 2.55. The van der Waals surface area contributed by atoms with Crippen molar-refractivity contribution in [2.75, 3.05) is 46.6 Å². The molecular weight excluding hydrogens is 585 g/mol. The highest BCUT2D eigenvalue weighted by atomic mass is 19.1. The maximum atomic E-state index is 14.4. The molecule has 3 saturated heterocycles. The molecule has 0 radical (unpaired) electrons. The molecule has 244 valence electrons. The molecule has 3 unspecified atom stereocenters. The predicted octanol–water partition coefficient (Wildman–Crippen LogP) is 2.79. The van der Waals surface area contributed by atoms with E-state index in [0.717, 1.165) is 32.0 Å². The summed E-state index contributed by atoms with van der Waals surface area (Å²) in [4.78, 5) is 49.1. The molecule has 14 heteroatoms. The maximum absolute atomic E-state index is 14.4. The molecule has 6 rings (SSSR count). The van der Waals surface area contributed by atoms with Gasteiger partial charge in [0.05, 0.1) is 31.6 Å². The lowest BCUT2D eigenvalue weighted by Gasteiger charge is -2.39. The van der Waals surface area contributed by atoms with Crippen molar-refractivity contribution >= 4 is 17.9 Å². The number of carbonyl (C=O) groups is 3. The van der Waals surface area contributed by atoms with Crippen LogP contribution in [-0.4, -0.2) is 118 Å². The third-order valence-electron chi connectivity index (χ3n) is 9.19. The summed E-state index contributed by atoms with van der Waals surface area (Å²) in [6, 6.07) is 3.05. The second-order valence-corrected chi connectivity index (χ2v) is 13.6. The van der Waals surface area contributed by atoms with Gasteiger partial charge >= 0.3 is 6.09 Å². The Morgan fingerprint density at radius 1 is 1.16 bits per heavy atom. The molecule has 2 N–H and O–H groups in total. The average Bonchev–Trinajstić information content (AvgIpc) is 3.38. The lowest BCUT2D eigenvalue weighted by molar-refractivity contribution is -0.128. The van der Waals surface area contributed by atoms with Gasteiger partial charge in [0.15, 0.2) is 11.5 Å². The summed E-state index contributed by atoms with van der Waals surface area (Å²) in [5, 5.41) is 10.2. The Morgan fingerprint density at radius 3 is 2.69 bits per heavy atom. The molecular formula is C31H42FN7O6. The first-order chi connectivity index (χ1) is 21.4. The molecule has 0 bridgehead atoms. The summed E-state index contributed by atoms with van der Waals surface area (Å²) in [7, 11) is 1.45. The largest absolute Gasteiger partial charge is 0.481 e. The van der Waals surface area contributed by atoms with Crippen LogP contribution in [0.25, 0.3) is 11.3 Å². The van der Waals surface area contributed by atoms with Crippen molar-refractivity contribution in [1.82, 2.24) is 35.2 Å². The first-order valence-electron chi connectivity index (χ1n) is 15.6. The molecule has 4 aliphatic rings. The number of carbonyl (C=O) groups excluding carboxylic acids is 3. The van der Waals surface area contributed by atoms with Gasteiger partial charge in [-0.2, -0.15) is 5.10 Å². The van der Waals surface area contributed by atoms with Crippen LogP contribution in [0, 0.1) is 11.7 Å². The number of ether oxygens (including phenoxy) is 3. The number of likely N-dealkylation sites (tertiary alicyclic amines) is 2. The van der Waals surface area contributed by atoms with Gasteiger partial charge in [-0.3, -0.25) is 24.5 Å². The Kier molecular flexibility index (Phi) is 8.46. The van der Waals surface area contributed by atoms with Crippen molar-refractivity contribution in [3.8, 4) is 17.1 Å². The summed E-state index contributed by atoms with van der Waals surface area (Å²) >= 11 is 0. The Morgan fingerprint density at radius 2 is 1.96 bits per heavy atom. The van der Waals surface area contributed by atoms with E-state index in [9.17, 15) is 18.8 Å². The molecule has 4 fully saturated rings. The molecule has 2 aromatic heterocycles. The SMILES string of the molecule is COc1cc(-c2cc(C(=O)N3CCC(C(=O)NC4CCN(C5COCN(C(=O)OC(C)(C)C)C5)C4)CC34CC4)n[nH]2)c(F)cn1. The zero-order chi connectivity index (χ0) is 31.9. The third-order valence-corrected chi connectivity index (χ3v) is 9.19. The van der Waals surface area contributed by atoms with Crippen LogP contribution >= 0.6 is 0 Å². The number of nitrogens with one attached hydrogen (secondary N) is 2. The Labute approximate surface area is 261 Å². The number of amides is 3. The number of aromatic amines is 1. The van der Waals surface area contributed by atoms with Crippen LogP contribution in [0.4, 0.5) is 9.18 Å². The van der Waals surface area contributed by atoms with Gasteiger partial charge in [-0.15, -0.1) is 0 Å². The van der Waals surface area contributed by atoms with E-state index in [4.69, 9.17) is 14.2 Å². The van der Waals surface area contributed by atoms with Gasteiger partial charge in [0, 0.05) is 55.3 Å². The smallest absolute Gasteiger partial charge is 0.412 e. The summed E-state index contributed by atoms with van der Waals surface area (Å²) in [6.07, 6.45) is 4.35. The van der Waals surface area contributed by atoms with Gasteiger partial charge < -0.3 is 24.4 Å². The lowest BCUT2D eigenvalue weighted by Crippen LogP contribution is -2.54. The number of rotatable bonds is 6. The lowest BCUT2D eigenvalue weighted by atomic mass is 9.87. The van der Waals surface area contributed by atoms with Gasteiger partial charge in [-0.25, -0.2) is 14.2 Å². The first kappa shape index (κ1) is 31.2. The molecule has 13 nitrogen and oxygen atoms in total. The van der Waals surface area contributed by atoms with Crippen molar-refractivity contribution in [2.45, 2.75) is 76.1 Å². The zero-order valence-corrected chi connectivity index (χ0v) is 26.3. The quantitative estimate of drug-likeness (QED) is 0.495. The fraction of sp³-hybridized carbons (Fsp3) is 0.645. The van der Waals surface area contributed by atoms with E-state index < -0.39 is 11.4 Å². The first-order valence-corrected chi connectivity index (χ1v) is 15.6. The number of nitrogens with zero attached hydrogens (tertiary/aromatic N) is 5. The average molecular weight is 628 g/mol. The van der Waals surface area contributed by atoms with E-state index in [-0.39, 0.29) is 65.3 Å². The summed E-state index contributed by atoms with van der Waals surface area (Å²) in [5.74, 6) is -0.676. The summed E-state index contributed by atoms with van der Waals surface area (Å²) in [6.45, 7) is 8.73. The molecule has 3 aliphatic heterocycles. The second-order valence-electron chi connectivity index (χ2n) is 13.6. The second kappa shape index (κ2) is 12.2. The number of methoxy groups -OCH3 is 1. The minimum absolute atomic E-state index is 0.0129. The van der Waals surface area contributed by atoms with Gasteiger partial charge in [0.1, 0.15) is 12.3 Å². The molecule has 3 atom stereocenters. The molecule has 45 heavy (non-hydrogen) atoms. The topological polar surface area (TPSA) is 142 Å². The molecule has 0 aromatic carbocycles. The number of hydrogen-bond acceptors (Lipinski definition) is 9. The number of halogens is 1. The molecule has 1 saturated carbocycles. The van der Waals surface area contributed by atoms with Gasteiger partial charge in [0.25, 0.3) is 5.91 Å². The van der Waals surface area contributed by atoms with Crippen molar-refractivity contribution in [3.63, 3.8) is 0 Å². The van der Waals surface area contributed by atoms with E-state index >= 15 is 0 Å². The zero-order valence-electron chi connectivity index (χ0n) is 26.3. The molecule has 2 aromatic rings. The minimum atomic E-state index is -0.575. The normalized spacial score (nSPS) is 24.9. The van der Waals surface area contributed by atoms with Crippen molar-refractivity contribution in [1.29, 1.82) is 0 Å². The van der Waals surface area contributed by atoms with Crippen molar-refractivity contribution < 1.29 is 33.0 Å². The Hall–Kier alpha value is -3.78. The maximum Gasteiger partial charge on any atom is 0.412 e. The number of pyridine rings is 1. The number of hydrogen-bond donors (Lipinski definition) is 2. The number of piperidine rings is 1. The summed E-state index contributed by atoms with van der Waals surface area (Å²) in [5.41, 5.74) is -0.148. The summed E-state index contributed by atoms with van der Waals surface area (Å²) < 4.78 is 30.8. The fourth-order valence-corrected chi connectivity index (χ4v) is 6.69. The standard InChI is InChI=1S/C31H42FN7O6/c1-30(2,3)45-29(42)38-16-21(17-44-18-38)37-9-6-20(15-37)34-27(40)19-5-10-39(31(13-19)7-8-31)28(41)25-12-24(35-36-25)22-11-26(43-4)33-14-23(22)32/h11-12,14,19-21H,5-10,13,15-18H2,1-4H3,(H,34,40)(H,35,36). The predicted molar refractivity (Wildman–Crippen MR) is 160 cm³/mol. The molecule has 1 aliphatic carbocycles. The number of aromatic nitrogens is 3. The van der Waals surface area contributed by atoms with E-state index in [1.165, 1.54) is 13.2 Å². The van der Waals surface area contributed by atoms with Gasteiger partial charge in [0.2, 0.25) is 11.8 Å². The molecule has 3 amide bonds. The Balaban J connectivity index is 1.02. The van der Waals surface area contributed by atoms with Crippen LogP contribution in [0.1, 0.15) is 63.4 Å². The Bertz CT molecular complexity index is 1440. The van der Waals surface area contributed by atoms with E-state index in [1.54, 1.807) is 11.0 Å². The highest BCUT2D eigenvalue weighted by molar-refractivity contribution is 5.94. The monoisotopic (exact) mass is 627 g/mol. The van der Waals surface area contributed by atoms with Crippen LogP contribution in [0.2, 0.25) is 0 Å². The van der Waals surface area contributed by atoms with Crippen LogP contribution in [0.15, 0.2) is 18.3 Å². The van der Waals surface area contributed by atoms with Crippen LogP contribution in [0.3, 0.4) is 0 Å².